The first-order valence-electron chi connectivity index (χ1n) is 8.54. The molecule has 3 heterocycles. The van der Waals surface area contributed by atoms with Crippen molar-refractivity contribution in [3.63, 3.8) is 0 Å². The normalized spacial score (nSPS) is 11.4. The molecule has 4 rings (SSSR count). The van der Waals surface area contributed by atoms with E-state index in [0.717, 1.165) is 4.88 Å². The Labute approximate surface area is 170 Å². The van der Waals surface area contributed by atoms with E-state index < -0.39 is 15.8 Å². The van der Waals surface area contributed by atoms with Gasteiger partial charge in [0.05, 0.1) is 21.8 Å². The maximum atomic E-state index is 12.6. The Morgan fingerprint density at radius 2 is 1.93 bits per heavy atom. The lowest BCUT2D eigenvalue weighted by atomic mass is 10.3. The molecule has 7 nitrogen and oxygen atoms in total. The van der Waals surface area contributed by atoms with Crippen LogP contribution in [-0.2, 0) is 26.9 Å². The van der Waals surface area contributed by atoms with Crippen LogP contribution in [0.15, 0.2) is 80.1 Å². The summed E-state index contributed by atoms with van der Waals surface area (Å²) in [4.78, 5) is 13.5. The Kier molecular flexibility index (Phi) is 5.32. The molecule has 0 saturated carbocycles. The van der Waals surface area contributed by atoms with Crippen molar-refractivity contribution in [2.24, 2.45) is 0 Å². The van der Waals surface area contributed by atoms with Crippen LogP contribution in [0.1, 0.15) is 21.8 Å². The fourth-order valence-electron chi connectivity index (χ4n) is 2.66. The summed E-state index contributed by atoms with van der Waals surface area (Å²) in [5.74, 6) is -0.705. The molecule has 148 valence electrons. The summed E-state index contributed by atoms with van der Waals surface area (Å²) >= 11 is 1.50. The third kappa shape index (κ3) is 4.30. The first-order chi connectivity index (χ1) is 14.0. The van der Waals surface area contributed by atoms with Crippen molar-refractivity contribution >= 4 is 27.1 Å². The minimum absolute atomic E-state index is 0.126. The molecule has 1 aromatic carbocycles. The van der Waals surface area contributed by atoms with Gasteiger partial charge in [0.25, 0.3) is 0 Å². The topological polar surface area (TPSA) is 99.6 Å². The molecule has 29 heavy (non-hydrogen) atoms. The van der Waals surface area contributed by atoms with Crippen LogP contribution < -0.4 is 0 Å². The second-order valence-electron chi connectivity index (χ2n) is 6.08. The number of rotatable bonds is 7. The van der Waals surface area contributed by atoms with E-state index in [1.165, 1.54) is 35.8 Å². The average Bonchev–Trinajstić information content (AvgIpc) is 3.47. The molecule has 0 aliphatic rings. The molecule has 9 heteroatoms. The van der Waals surface area contributed by atoms with Gasteiger partial charge in [0, 0.05) is 11.6 Å². The van der Waals surface area contributed by atoms with Crippen LogP contribution in [0.2, 0.25) is 0 Å². The molecule has 0 bridgehead atoms. The molecule has 0 aliphatic carbocycles. The largest absolute Gasteiger partial charge is 0.457 e. The Balaban J connectivity index is 1.43. The second kappa shape index (κ2) is 8.06. The van der Waals surface area contributed by atoms with Gasteiger partial charge in [-0.2, -0.15) is 0 Å². The quantitative estimate of drug-likeness (QED) is 0.403. The molecule has 0 radical (unpaired) electrons. The lowest BCUT2D eigenvalue weighted by Crippen LogP contribution is -2.10. The van der Waals surface area contributed by atoms with Gasteiger partial charge in [-0.15, -0.1) is 11.3 Å². The first-order valence-corrected chi connectivity index (χ1v) is 11.1. The van der Waals surface area contributed by atoms with Gasteiger partial charge in [0.2, 0.25) is 5.76 Å². The average molecular weight is 429 g/mol. The molecule has 0 fully saturated rings. The Bertz CT molecular complexity index is 1210. The monoisotopic (exact) mass is 429 g/mol. The van der Waals surface area contributed by atoms with Crippen LogP contribution >= 0.6 is 11.3 Å². The predicted molar refractivity (Wildman–Crippen MR) is 105 cm³/mol. The van der Waals surface area contributed by atoms with Crippen molar-refractivity contribution in [1.29, 1.82) is 0 Å². The van der Waals surface area contributed by atoms with Gasteiger partial charge in [-0.1, -0.05) is 29.4 Å². The van der Waals surface area contributed by atoms with E-state index >= 15 is 0 Å². The van der Waals surface area contributed by atoms with Gasteiger partial charge in [-0.25, -0.2) is 13.2 Å². The lowest BCUT2D eigenvalue weighted by molar-refractivity contribution is 0.0426. The molecule has 0 atom stereocenters. The van der Waals surface area contributed by atoms with Crippen molar-refractivity contribution < 1.29 is 26.9 Å². The molecule has 0 unspecified atom stereocenters. The van der Waals surface area contributed by atoms with Gasteiger partial charge in [0.15, 0.2) is 15.6 Å². The van der Waals surface area contributed by atoms with Crippen LogP contribution in [-0.4, -0.2) is 19.5 Å². The Morgan fingerprint density at radius 3 is 2.69 bits per heavy atom. The predicted octanol–water partition coefficient (Wildman–Crippen LogP) is 4.33. The van der Waals surface area contributed by atoms with Crippen LogP contribution in [0.4, 0.5) is 0 Å². The molecule has 0 saturated heterocycles. The number of ether oxygens (including phenoxy) is 1. The Hall–Kier alpha value is -3.17. The van der Waals surface area contributed by atoms with Crippen molar-refractivity contribution in [2.75, 3.05) is 0 Å². The van der Waals surface area contributed by atoms with Gasteiger partial charge in [0.1, 0.15) is 12.3 Å². The smallest absolute Gasteiger partial charge is 0.374 e. The third-order valence-electron chi connectivity index (χ3n) is 4.05. The highest BCUT2D eigenvalue weighted by molar-refractivity contribution is 7.90. The number of nitrogens with zero attached hydrogens (tertiary/aromatic N) is 1. The molecule has 0 amide bonds. The van der Waals surface area contributed by atoms with Gasteiger partial charge in [-0.3, -0.25) is 0 Å². The molecular weight excluding hydrogens is 414 g/mol. The van der Waals surface area contributed by atoms with Crippen LogP contribution in [0.5, 0.6) is 0 Å². The molecule has 0 spiro atoms. The number of sulfone groups is 1. The minimum Gasteiger partial charge on any atom is -0.457 e. The summed E-state index contributed by atoms with van der Waals surface area (Å²) in [6.45, 7) is -0.126. The zero-order valence-electron chi connectivity index (χ0n) is 15.0. The maximum Gasteiger partial charge on any atom is 0.374 e. The number of carbonyl (C=O) groups excluding carboxylic acids is 1. The number of esters is 1. The summed E-state index contributed by atoms with van der Waals surface area (Å²) in [7, 11) is -3.62. The fraction of sp³-hybridized carbons (Fsp3) is 0.100. The molecule has 3 aromatic heterocycles. The fourth-order valence-corrected chi connectivity index (χ4v) is 4.71. The summed E-state index contributed by atoms with van der Waals surface area (Å²) in [5, 5.41) is 5.79. The number of hydrogen-bond donors (Lipinski definition) is 0. The summed E-state index contributed by atoms with van der Waals surface area (Å²) in [5.41, 5.74) is 0.671. The number of thiophene rings is 1. The maximum absolute atomic E-state index is 12.6. The van der Waals surface area contributed by atoms with Crippen LogP contribution in [0, 0.1) is 0 Å². The minimum atomic E-state index is -3.62. The van der Waals surface area contributed by atoms with Crippen LogP contribution in [0.25, 0.3) is 10.6 Å². The number of aromatic nitrogens is 1. The van der Waals surface area contributed by atoms with Gasteiger partial charge < -0.3 is 13.7 Å². The van der Waals surface area contributed by atoms with Crippen molar-refractivity contribution in [1.82, 2.24) is 5.16 Å². The van der Waals surface area contributed by atoms with Crippen LogP contribution in [0.3, 0.4) is 0 Å². The zero-order chi connectivity index (χ0) is 20.3. The van der Waals surface area contributed by atoms with Crippen molar-refractivity contribution in [3.05, 3.63) is 83.3 Å². The molecule has 0 N–H and O–H groups in total. The lowest BCUT2D eigenvalue weighted by Gasteiger charge is -2.05. The van der Waals surface area contributed by atoms with E-state index in [-0.39, 0.29) is 28.6 Å². The summed E-state index contributed by atoms with van der Waals surface area (Å²) < 4.78 is 40.7. The highest BCUT2D eigenvalue weighted by Crippen LogP contribution is 2.26. The van der Waals surface area contributed by atoms with E-state index in [0.29, 0.717) is 11.5 Å². The summed E-state index contributed by atoms with van der Waals surface area (Å²) in [6.07, 6.45) is 1.26. The van der Waals surface area contributed by atoms with Crippen molar-refractivity contribution in [3.8, 4) is 10.6 Å². The third-order valence-corrected chi connectivity index (χ3v) is 6.62. The van der Waals surface area contributed by atoms with Crippen molar-refractivity contribution in [2.45, 2.75) is 17.3 Å². The van der Waals surface area contributed by atoms with E-state index in [2.05, 4.69) is 5.16 Å². The molecule has 4 aromatic rings. The van der Waals surface area contributed by atoms with Gasteiger partial charge >= 0.3 is 5.97 Å². The summed E-state index contributed by atoms with van der Waals surface area (Å²) in [6, 6.07) is 14.9. The highest BCUT2D eigenvalue weighted by atomic mass is 32.2. The van der Waals surface area contributed by atoms with E-state index in [1.807, 2.05) is 17.5 Å². The van der Waals surface area contributed by atoms with E-state index in [4.69, 9.17) is 13.7 Å². The molecule has 0 aliphatic heterocycles. The number of furan rings is 1. The standard InChI is InChI=1S/C20H15NO6S2/c22-20(26-12-15-11-17(27-21-15)18-7-4-10-28-18)19-14(8-9-25-19)13-29(23,24)16-5-2-1-3-6-16/h1-11H,12-13H2. The van der Waals surface area contributed by atoms with E-state index in [9.17, 15) is 13.2 Å². The zero-order valence-corrected chi connectivity index (χ0v) is 16.6. The molecular formula is C20H15NO6S2. The first kappa shape index (κ1) is 19.2. The number of carbonyl (C=O) groups is 1. The highest BCUT2D eigenvalue weighted by Gasteiger charge is 2.23. The SMILES string of the molecule is O=C(OCc1cc(-c2cccs2)on1)c1occc1CS(=O)(=O)c1ccccc1. The second-order valence-corrected chi connectivity index (χ2v) is 9.02. The number of benzene rings is 1. The number of hydrogen-bond acceptors (Lipinski definition) is 8. The van der Waals surface area contributed by atoms with Gasteiger partial charge in [-0.05, 0) is 29.6 Å². The van der Waals surface area contributed by atoms with E-state index in [1.54, 1.807) is 24.3 Å². The Morgan fingerprint density at radius 1 is 1.10 bits per heavy atom.